The second-order valence-electron chi connectivity index (χ2n) is 4.80. The Morgan fingerprint density at radius 2 is 1.75 bits per heavy atom. The summed E-state index contributed by atoms with van der Waals surface area (Å²) in [5.74, 6) is 0. The van der Waals surface area contributed by atoms with Crippen LogP contribution in [0.25, 0.3) is 22.4 Å². The molecule has 100 valence electrons. The van der Waals surface area contributed by atoms with Crippen molar-refractivity contribution in [1.82, 2.24) is 19.5 Å². The van der Waals surface area contributed by atoms with Crippen LogP contribution in [0.4, 0.5) is 0 Å². The van der Waals surface area contributed by atoms with Gasteiger partial charge < -0.3 is 0 Å². The molecule has 0 saturated carbocycles. The molecule has 0 saturated heterocycles. The second kappa shape index (κ2) is 4.85. The summed E-state index contributed by atoms with van der Waals surface area (Å²) in [5.41, 5.74) is 2.36. The predicted octanol–water partition coefficient (Wildman–Crippen LogP) is 2.43. The topological polar surface area (TPSA) is 60.7 Å². The van der Waals surface area contributed by atoms with Gasteiger partial charge in [0.15, 0.2) is 5.65 Å². The highest BCUT2D eigenvalue weighted by atomic mass is 16.1. The Labute approximate surface area is 116 Å². The highest BCUT2D eigenvalue weighted by Gasteiger charge is 2.15. The molecule has 0 N–H and O–H groups in total. The van der Waals surface area contributed by atoms with Crippen LogP contribution < -0.4 is 5.69 Å². The van der Waals surface area contributed by atoms with Crippen LogP contribution in [0.2, 0.25) is 0 Å². The van der Waals surface area contributed by atoms with Crippen LogP contribution in [-0.2, 0) is 0 Å². The fourth-order valence-electron chi connectivity index (χ4n) is 2.23. The molecule has 0 bridgehead atoms. The average Bonchev–Trinajstić information content (AvgIpc) is 2.47. The fourth-order valence-corrected chi connectivity index (χ4v) is 2.23. The molecule has 0 unspecified atom stereocenters. The van der Waals surface area contributed by atoms with Gasteiger partial charge in [-0.25, -0.2) is 14.8 Å². The summed E-state index contributed by atoms with van der Waals surface area (Å²) < 4.78 is 1.56. The highest BCUT2D eigenvalue weighted by Crippen LogP contribution is 2.23. The van der Waals surface area contributed by atoms with Gasteiger partial charge in [-0.05, 0) is 13.8 Å². The number of benzene rings is 1. The maximum Gasteiger partial charge on any atom is 0.350 e. The van der Waals surface area contributed by atoms with Crippen molar-refractivity contribution in [3.63, 3.8) is 0 Å². The molecule has 0 aliphatic rings. The molecule has 0 spiro atoms. The average molecular weight is 266 g/mol. The van der Waals surface area contributed by atoms with Crippen molar-refractivity contribution in [2.24, 2.45) is 0 Å². The first-order chi connectivity index (χ1) is 9.68. The molecule has 2 aromatic heterocycles. The van der Waals surface area contributed by atoms with Crippen molar-refractivity contribution in [3.05, 3.63) is 53.2 Å². The molecule has 0 fully saturated rings. The van der Waals surface area contributed by atoms with Gasteiger partial charge in [-0.3, -0.25) is 4.57 Å². The number of aromatic nitrogens is 4. The van der Waals surface area contributed by atoms with Crippen molar-refractivity contribution in [1.29, 1.82) is 0 Å². The molecule has 0 atom stereocenters. The molecule has 0 aliphatic carbocycles. The fraction of sp³-hybridized carbons (Fsp3) is 0.200. The van der Waals surface area contributed by atoms with E-state index < -0.39 is 0 Å². The van der Waals surface area contributed by atoms with Crippen LogP contribution in [0.1, 0.15) is 19.9 Å². The van der Waals surface area contributed by atoms with E-state index in [9.17, 15) is 4.79 Å². The molecule has 5 nitrogen and oxygen atoms in total. The van der Waals surface area contributed by atoms with E-state index in [1.807, 2.05) is 44.2 Å². The Morgan fingerprint density at radius 3 is 2.45 bits per heavy atom. The number of rotatable bonds is 2. The SMILES string of the molecule is CC(C)n1c(=O)nc(-c2ccccc2)c2nccnc21. The van der Waals surface area contributed by atoms with E-state index in [2.05, 4.69) is 15.0 Å². The molecule has 3 aromatic rings. The molecule has 3 rings (SSSR count). The van der Waals surface area contributed by atoms with Gasteiger partial charge in [0.1, 0.15) is 11.2 Å². The van der Waals surface area contributed by atoms with Gasteiger partial charge in [-0.2, -0.15) is 4.98 Å². The summed E-state index contributed by atoms with van der Waals surface area (Å²) in [6.45, 7) is 3.86. The Kier molecular flexibility index (Phi) is 3.02. The summed E-state index contributed by atoms with van der Waals surface area (Å²) in [6.07, 6.45) is 3.21. The van der Waals surface area contributed by atoms with Crippen LogP contribution in [0, 0.1) is 0 Å². The van der Waals surface area contributed by atoms with E-state index in [0.29, 0.717) is 16.9 Å². The highest BCUT2D eigenvalue weighted by molar-refractivity contribution is 5.86. The summed E-state index contributed by atoms with van der Waals surface area (Å²) in [5, 5.41) is 0. The van der Waals surface area contributed by atoms with Crippen molar-refractivity contribution < 1.29 is 0 Å². The van der Waals surface area contributed by atoms with E-state index in [4.69, 9.17) is 0 Å². The first-order valence-corrected chi connectivity index (χ1v) is 6.47. The Morgan fingerprint density at radius 1 is 1.05 bits per heavy atom. The molecule has 0 aliphatic heterocycles. The van der Waals surface area contributed by atoms with Gasteiger partial charge in [0.05, 0.1) is 0 Å². The van der Waals surface area contributed by atoms with Crippen molar-refractivity contribution >= 4 is 11.2 Å². The quantitative estimate of drug-likeness (QED) is 0.714. The Bertz CT molecular complexity index is 809. The maximum absolute atomic E-state index is 12.3. The van der Waals surface area contributed by atoms with Gasteiger partial charge in [0.2, 0.25) is 0 Å². The second-order valence-corrected chi connectivity index (χ2v) is 4.80. The smallest absolute Gasteiger partial charge is 0.272 e. The molecular weight excluding hydrogens is 252 g/mol. The zero-order chi connectivity index (χ0) is 14.1. The van der Waals surface area contributed by atoms with E-state index in [0.717, 1.165) is 5.56 Å². The van der Waals surface area contributed by atoms with E-state index in [-0.39, 0.29) is 11.7 Å². The number of hydrogen-bond donors (Lipinski definition) is 0. The zero-order valence-corrected chi connectivity index (χ0v) is 11.3. The summed E-state index contributed by atoms with van der Waals surface area (Å²) in [6, 6.07) is 9.55. The summed E-state index contributed by atoms with van der Waals surface area (Å²) >= 11 is 0. The van der Waals surface area contributed by atoms with E-state index in [1.54, 1.807) is 17.0 Å². The number of nitrogens with zero attached hydrogens (tertiary/aromatic N) is 4. The normalized spacial score (nSPS) is 11.2. The molecular formula is C15H14N4O. The first kappa shape index (κ1) is 12.5. The standard InChI is InChI=1S/C15H14N4O/c1-10(2)19-14-13(16-8-9-17-14)12(18-15(19)20)11-6-4-3-5-7-11/h3-10H,1-2H3. The Hall–Kier alpha value is -2.56. The lowest BCUT2D eigenvalue weighted by molar-refractivity contribution is 0.581. The summed E-state index contributed by atoms with van der Waals surface area (Å²) in [4.78, 5) is 25.1. The third-order valence-corrected chi connectivity index (χ3v) is 3.11. The van der Waals surface area contributed by atoms with Crippen molar-refractivity contribution in [3.8, 4) is 11.3 Å². The third kappa shape index (κ3) is 1.97. The lowest BCUT2D eigenvalue weighted by Crippen LogP contribution is -2.26. The van der Waals surface area contributed by atoms with Gasteiger partial charge in [0, 0.05) is 24.0 Å². The molecule has 0 radical (unpaired) electrons. The lowest BCUT2D eigenvalue weighted by Gasteiger charge is -2.13. The summed E-state index contributed by atoms with van der Waals surface area (Å²) in [7, 11) is 0. The largest absolute Gasteiger partial charge is 0.350 e. The third-order valence-electron chi connectivity index (χ3n) is 3.11. The Balaban J connectivity index is 2.42. The molecule has 0 amide bonds. The van der Waals surface area contributed by atoms with Gasteiger partial charge in [-0.1, -0.05) is 30.3 Å². The lowest BCUT2D eigenvalue weighted by atomic mass is 10.1. The van der Waals surface area contributed by atoms with Crippen LogP contribution in [0.3, 0.4) is 0 Å². The van der Waals surface area contributed by atoms with Gasteiger partial charge in [-0.15, -0.1) is 0 Å². The van der Waals surface area contributed by atoms with E-state index >= 15 is 0 Å². The van der Waals surface area contributed by atoms with Crippen LogP contribution in [0.5, 0.6) is 0 Å². The minimum atomic E-state index is -0.299. The zero-order valence-electron chi connectivity index (χ0n) is 11.3. The molecule has 5 heteroatoms. The first-order valence-electron chi connectivity index (χ1n) is 6.47. The van der Waals surface area contributed by atoms with Crippen LogP contribution >= 0.6 is 0 Å². The monoisotopic (exact) mass is 266 g/mol. The van der Waals surface area contributed by atoms with Gasteiger partial charge in [0.25, 0.3) is 0 Å². The molecule has 20 heavy (non-hydrogen) atoms. The minimum Gasteiger partial charge on any atom is -0.272 e. The van der Waals surface area contributed by atoms with Crippen molar-refractivity contribution in [2.75, 3.05) is 0 Å². The van der Waals surface area contributed by atoms with Gasteiger partial charge >= 0.3 is 5.69 Å². The number of fused-ring (bicyclic) bond motifs is 1. The van der Waals surface area contributed by atoms with Crippen LogP contribution in [0.15, 0.2) is 47.5 Å². The maximum atomic E-state index is 12.3. The van der Waals surface area contributed by atoms with Crippen LogP contribution in [-0.4, -0.2) is 19.5 Å². The van der Waals surface area contributed by atoms with Crippen molar-refractivity contribution in [2.45, 2.75) is 19.9 Å². The van der Waals surface area contributed by atoms with E-state index in [1.165, 1.54) is 0 Å². The minimum absolute atomic E-state index is 0.0148. The molecule has 2 heterocycles. The molecule has 1 aromatic carbocycles. The number of hydrogen-bond acceptors (Lipinski definition) is 4. The predicted molar refractivity (Wildman–Crippen MR) is 77.4 cm³/mol.